The zero-order valence-electron chi connectivity index (χ0n) is 9.04. The number of aromatic nitrogens is 2. The molecule has 0 unspecified atom stereocenters. The Bertz CT molecular complexity index is 522. The Morgan fingerprint density at radius 2 is 2.35 bits per heavy atom. The minimum Gasteiger partial charge on any atom is -0.419 e. The molecule has 0 saturated carbocycles. The van der Waals surface area contributed by atoms with Crippen LogP contribution < -0.4 is 5.32 Å². The highest BCUT2D eigenvalue weighted by atomic mass is 32.1. The largest absolute Gasteiger partial charge is 0.419 e. The molecule has 0 aliphatic carbocycles. The number of rotatable bonds is 5. The fourth-order valence-corrected chi connectivity index (χ4v) is 1.94. The monoisotopic (exact) mass is 254 g/mol. The van der Waals surface area contributed by atoms with Crippen molar-refractivity contribution in [1.29, 1.82) is 0 Å². The Morgan fingerprint density at radius 1 is 1.53 bits per heavy atom. The Morgan fingerprint density at radius 3 is 3.00 bits per heavy atom. The van der Waals surface area contributed by atoms with Gasteiger partial charge in [0.15, 0.2) is 0 Å². The van der Waals surface area contributed by atoms with E-state index in [2.05, 4.69) is 15.5 Å². The van der Waals surface area contributed by atoms with E-state index in [-0.39, 0.29) is 5.00 Å². The predicted molar refractivity (Wildman–Crippen MR) is 61.6 cm³/mol. The lowest BCUT2D eigenvalue weighted by atomic mass is 10.5. The van der Waals surface area contributed by atoms with Gasteiger partial charge in [0.2, 0.25) is 5.89 Å². The van der Waals surface area contributed by atoms with Crippen molar-refractivity contribution in [3.05, 3.63) is 28.1 Å². The van der Waals surface area contributed by atoms with Crippen LogP contribution in [0.3, 0.4) is 0 Å². The van der Waals surface area contributed by atoms with E-state index in [4.69, 9.17) is 4.42 Å². The Kier molecular flexibility index (Phi) is 3.45. The fourth-order valence-electron chi connectivity index (χ4n) is 1.20. The van der Waals surface area contributed by atoms with Gasteiger partial charge in [-0.2, -0.15) is 0 Å². The summed E-state index contributed by atoms with van der Waals surface area (Å²) < 4.78 is 5.37. The number of nitro groups is 1. The van der Waals surface area contributed by atoms with E-state index in [0.717, 1.165) is 17.9 Å². The Balaban J connectivity index is 2.15. The van der Waals surface area contributed by atoms with Crippen LogP contribution in [-0.2, 0) is 6.54 Å². The van der Waals surface area contributed by atoms with Crippen LogP contribution >= 0.6 is 11.3 Å². The Labute approximate surface area is 101 Å². The molecule has 0 amide bonds. The van der Waals surface area contributed by atoms with E-state index in [1.54, 1.807) is 6.07 Å². The van der Waals surface area contributed by atoms with E-state index in [1.807, 2.05) is 6.92 Å². The molecule has 0 aliphatic heterocycles. The quantitative estimate of drug-likeness (QED) is 0.646. The molecule has 0 radical (unpaired) electrons. The van der Waals surface area contributed by atoms with Crippen molar-refractivity contribution in [2.24, 2.45) is 0 Å². The minimum absolute atomic E-state index is 0.0615. The summed E-state index contributed by atoms with van der Waals surface area (Å²) >= 11 is 1.02. The first-order valence-electron chi connectivity index (χ1n) is 4.98. The highest BCUT2D eigenvalue weighted by Crippen LogP contribution is 2.31. The molecule has 7 nitrogen and oxygen atoms in total. The molecule has 17 heavy (non-hydrogen) atoms. The van der Waals surface area contributed by atoms with Crippen molar-refractivity contribution < 1.29 is 9.34 Å². The van der Waals surface area contributed by atoms with Crippen LogP contribution in [0, 0.1) is 10.1 Å². The summed E-state index contributed by atoms with van der Waals surface area (Å²) in [4.78, 5) is 10.7. The molecule has 0 saturated heterocycles. The Hall–Kier alpha value is -1.80. The molecule has 0 bridgehead atoms. The fraction of sp³-hybridized carbons (Fsp3) is 0.333. The lowest BCUT2D eigenvalue weighted by Crippen LogP contribution is -2.11. The maximum atomic E-state index is 10.5. The smallest absolute Gasteiger partial charge is 0.324 e. The van der Waals surface area contributed by atoms with E-state index < -0.39 is 4.92 Å². The lowest BCUT2D eigenvalue weighted by Gasteiger charge is -1.93. The second kappa shape index (κ2) is 5.02. The maximum Gasteiger partial charge on any atom is 0.324 e. The molecule has 0 aromatic carbocycles. The van der Waals surface area contributed by atoms with Gasteiger partial charge in [-0.05, 0) is 12.6 Å². The number of thiophene rings is 1. The molecule has 0 aliphatic rings. The molecule has 8 heteroatoms. The summed E-state index contributed by atoms with van der Waals surface area (Å²) in [6, 6.07) is 3.03. The lowest BCUT2D eigenvalue weighted by molar-refractivity contribution is -0.380. The third-order valence-corrected chi connectivity index (χ3v) is 3.00. The summed E-state index contributed by atoms with van der Waals surface area (Å²) in [7, 11) is 0. The SMILES string of the molecule is CCNCc1nnc(-c2ccc([N+](=O)[O-])s2)o1. The van der Waals surface area contributed by atoms with Gasteiger partial charge < -0.3 is 9.73 Å². The van der Waals surface area contributed by atoms with Crippen molar-refractivity contribution in [1.82, 2.24) is 15.5 Å². The first kappa shape index (κ1) is 11.7. The first-order valence-corrected chi connectivity index (χ1v) is 5.80. The third-order valence-electron chi connectivity index (χ3n) is 1.98. The van der Waals surface area contributed by atoms with Crippen molar-refractivity contribution in [3.63, 3.8) is 0 Å². The minimum atomic E-state index is -0.440. The van der Waals surface area contributed by atoms with E-state index in [1.165, 1.54) is 6.07 Å². The zero-order valence-corrected chi connectivity index (χ0v) is 9.86. The van der Waals surface area contributed by atoms with Gasteiger partial charge in [-0.15, -0.1) is 10.2 Å². The molecule has 90 valence electrons. The topological polar surface area (TPSA) is 94.1 Å². The van der Waals surface area contributed by atoms with Gasteiger partial charge in [-0.1, -0.05) is 18.3 Å². The van der Waals surface area contributed by atoms with Crippen LogP contribution in [0.2, 0.25) is 0 Å². The summed E-state index contributed by atoms with van der Waals surface area (Å²) in [5, 5.41) is 21.3. The van der Waals surface area contributed by atoms with Crippen LogP contribution in [0.25, 0.3) is 10.8 Å². The van der Waals surface area contributed by atoms with Crippen LogP contribution in [-0.4, -0.2) is 21.7 Å². The molecule has 2 aromatic rings. The van der Waals surface area contributed by atoms with E-state index in [0.29, 0.717) is 23.2 Å². The van der Waals surface area contributed by atoms with Crippen molar-refractivity contribution in [2.45, 2.75) is 13.5 Å². The molecule has 0 spiro atoms. The standard InChI is InChI=1S/C9H10N4O3S/c1-2-10-5-7-11-12-9(16-7)6-3-4-8(17-6)13(14)15/h3-4,10H,2,5H2,1H3. The van der Waals surface area contributed by atoms with Crippen LogP contribution in [0.5, 0.6) is 0 Å². The molecular formula is C9H10N4O3S. The summed E-state index contributed by atoms with van der Waals surface area (Å²) in [6.45, 7) is 3.28. The highest BCUT2D eigenvalue weighted by Gasteiger charge is 2.15. The molecule has 2 rings (SSSR count). The van der Waals surface area contributed by atoms with Gasteiger partial charge in [-0.3, -0.25) is 10.1 Å². The van der Waals surface area contributed by atoms with Gasteiger partial charge in [0.05, 0.1) is 16.3 Å². The van der Waals surface area contributed by atoms with Gasteiger partial charge in [0.25, 0.3) is 5.89 Å². The van der Waals surface area contributed by atoms with Gasteiger partial charge in [0, 0.05) is 6.07 Å². The van der Waals surface area contributed by atoms with Crippen molar-refractivity contribution in [2.75, 3.05) is 6.54 Å². The average molecular weight is 254 g/mol. The first-order chi connectivity index (χ1) is 8.20. The molecule has 0 atom stereocenters. The summed E-state index contributed by atoms with van der Waals surface area (Å²) in [5.41, 5.74) is 0. The molecule has 2 aromatic heterocycles. The molecular weight excluding hydrogens is 244 g/mol. The second-order valence-corrected chi connectivity index (χ2v) is 4.24. The third kappa shape index (κ3) is 2.66. The summed E-state index contributed by atoms with van der Waals surface area (Å²) in [5.74, 6) is 0.786. The second-order valence-electron chi connectivity index (χ2n) is 3.18. The normalized spacial score (nSPS) is 10.6. The van der Waals surface area contributed by atoms with E-state index in [9.17, 15) is 10.1 Å². The number of nitrogens with zero attached hydrogens (tertiary/aromatic N) is 3. The summed E-state index contributed by atoms with van der Waals surface area (Å²) in [6.07, 6.45) is 0. The zero-order chi connectivity index (χ0) is 12.3. The number of hydrogen-bond acceptors (Lipinski definition) is 7. The molecule has 2 heterocycles. The van der Waals surface area contributed by atoms with Gasteiger partial charge in [0.1, 0.15) is 0 Å². The molecule has 1 N–H and O–H groups in total. The van der Waals surface area contributed by atoms with E-state index >= 15 is 0 Å². The molecule has 0 fully saturated rings. The van der Waals surface area contributed by atoms with Crippen molar-refractivity contribution in [3.8, 4) is 10.8 Å². The average Bonchev–Trinajstić information content (AvgIpc) is 2.94. The van der Waals surface area contributed by atoms with Gasteiger partial charge in [-0.25, -0.2) is 0 Å². The number of hydrogen-bond donors (Lipinski definition) is 1. The predicted octanol–water partition coefficient (Wildman–Crippen LogP) is 1.82. The number of nitrogens with one attached hydrogen (secondary N) is 1. The van der Waals surface area contributed by atoms with Crippen LogP contribution in [0.1, 0.15) is 12.8 Å². The maximum absolute atomic E-state index is 10.5. The van der Waals surface area contributed by atoms with Gasteiger partial charge >= 0.3 is 5.00 Å². The highest BCUT2D eigenvalue weighted by molar-refractivity contribution is 7.18. The van der Waals surface area contributed by atoms with Crippen LogP contribution in [0.15, 0.2) is 16.5 Å². The van der Waals surface area contributed by atoms with Crippen molar-refractivity contribution >= 4 is 16.3 Å². The van der Waals surface area contributed by atoms with Crippen LogP contribution in [0.4, 0.5) is 5.00 Å².